The van der Waals surface area contributed by atoms with Gasteiger partial charge in [-0.05, 0) is 30.2 Å². The molecule has 1 unspecified atom stereocenters. The number of rotatable bonds is 4. The van der Waals surface area contributed by atoms with Gasteiger partial charge in [-0.2, -0.15) is 0 Å². The van der Waals surface area contributed by atoms with E-state index >= 15 is 0 Å². The van der Waals surface area contributed by atoms with Crippen molar-refractivity contribution >= 4 is 17.4 Å². The third-order valence-corrected chi connectivity index (χ3v) is 2.04. The summed E-state index contributed by atoms with van der Waals surface area (Å²) in [4.78, 5) is 21.5. The smallest absolute Gasteiger partial charge is 0.337 e. The van der Waals surface area contributed by atoms with E-state index in [9.17, 15) is 14.7 Å². The molecule has 0 radical (unpaired) electrons. The largest absolute Gasteiger partial charge is 0.479 e. The fourth-order valence-electron chi connectivity index (χ4n) is 1.44. The second kappa shape index (κ2) is 4.76. The number of hydrogen-bond acceptors (Lipinski definition) is 4. The minimum Gasteiger partial charge on any atom is -0.479 e. The van der Waals surface area contributed by atoms with Crippen molar-refractivity contribution in [2.75, 3.05) is 5.73 Å². The first-order valence-corrected chi connectivity index (χ1v) is 4.70. The van der Waals surface area contributed by atoms with E-state index in [4.69, 9.17) is 10.8 Å². The molecule has 0 saturated carbocycles. The zero-order valence-corrected chi connectivity index (χ0v) is 8.80. The summed E-state index contributed by atoms with van der Waals surface area (Å²) >= 11 is 0. The van der Waals surface area contributed by atoms with E-state index in [-0.39, 0.29) is 17.8 Å². The Morgan fingerprint density at radius 3 is 2.50 bits per heavy atom. The molecule has 1 aromatic rings. The molecule has 16 heavy (non-hydrogen) atoms. The number of benzene rings is 1. The summed E-state index contributed by atoms with van der Waals surface area (Å²) in [7, 11) is 0. The number of carboxylic acid groups (broad SMARTS) is 1. The maximum atomic E-state index is 10.9. The minimum absolute atomic E-state index is 0.0543. The van der Waals surface area contributed by atoms with Crippen molar-refractivity contribution in [3.8, 4) is 0 Å². The number of aliphatic hydroxyl groups excluding tert-OH is 1. The van der Waals surface area contributed by atoms with Crippen molar-refractivity contribution in [1.82, 2.24) is 0 Å². The molecule has 1 aromatic carbocycles. The molecule has 5 heteroatoms. The maximum Gasteiger partial charge on any atom is 0.337 e. The molecule has 0 aliphatic heterocycles. The molecule has 86 valence electrons. The Kier molecular flexibility index (Phi) is 3.63. The Hall–Kier alpha value is -1.88. The monoisotopic (exact) mass is 223 g/mol. The highest BCUT2D eigenvalue weighted by atomic mass is 16.4. The number of carboxylic acids is 1. The average Bonchev–Trinajstić information content (AvgIpc) is 2.14. The van der Waals surface area contributed by atoms with Crippen LogP contribution in [0.1, 0.15) is 24.2 Å². The Labute approximate surface area is 92.5 Å². The molecule has 0 spiro atoms. The number of ketones is 1. The molecule has 0 bridgehead atoms. The summed E-state index contributed by atoms with van der Waals surface area (Å²) in [5.74, 6) is -1.40. The van der Waals surface area contributed by atoms with Crippen LogP contribution in [0, 0.1) is 0 Å². The molecule has 0 aliphatic rings. The van der Waals surface area contributed by atoms with E-state index in [0.717, 1.165) is 0 Å². The number of anilines is 1. The standard InChI is InChI=1S/C11H13NO4/c1-6(13)2-7-3-8(5-9(12)4-7)10(14)11(15)16/h3-5,10,14H,2,12H2,1H3,(H,15,16). The predicted molar refractivity (Wildman–Crippen MR) is 57.8 cm³/mol. The van der Waals surface area contributed by atoms with Crippen LogP contribution in [-0.4, -0.2) is 22.0 Å². The van der Waals surface area contributed by atoms with Gasteiger partial charge in [0.25, 0.3) is 0 Å². The van der Waals surface area contributed by atoms with Crippen LogP contribution >= 0.6 is 0 Å². The number of carbonyl (C=O) groups is 2. The van der Waals surface area contributed by atoms with Gasteiger partial charge < -0.3 is 15.9 Å². The zero-order chi connectivity index (χ0) is 12.3. The summed E-state index contributed by atoms with van der Waals surface area (Å²) < 4.78 is 0. The van der Waals surface area contributed by atoms with Gasteiger partial charge in [0.15, 0.2) is 6.10 Å². The van der Waals surface area contributed by atoms with Crippen molar-refractivity contribution in [3.63, 3.8) is 0 Å². The molecule has 0 aromatic heterocycles. The zero-order valence-electron chi connectivity index (χ0n) is 8.80. The number of Topliss-reactive ketones (excluding diaryl/α,β-unsaturated/α-hetero) is 1. The van der Waals surface area contributed by atoms with Crippen LogP contribution < -0.4 is 5.73 Å². The van der Waals surface area contributed by atoms with Crippen molar-refractivity contribution in [1.29, 1.82) is 0 Å². The van der Waals surface area contributed by atoms with Crippen molar-refractivity contribution in [3.05, 3.63) is 29.3 Å². The number of hydrogen-bond donors (Lipinski definition) is 3. The predicted octanol–water partition coefficient (Wildman–Crippen LogP) is 0.518. The van der Waals surface area contributed by atoms with Crippen LogP contribution in [0.2, 0.25) is 0 Å². The highest BCUT2D eigenvalue weighted by molar-refractivity contribution is 5.79. The molecule has 0 fully saturated rings. The summed E-state index contributed by atoms with van der Waals surface area (Å²) in [6, 6.07) is 4.43. The highest BCUT2D eigenvalue weighted by Gasteiger charge is 2.17. The minimum atomic E-state index is -1.62. The van der Waals surface area contributed by atoms with Crippen molar-refractivity contribution in [2.45, 2.75) is 19.4 Å². The van der Waals surface area contributed by atoms with Crippen molar-refractivity contribution in [2.24, 2.45) is 0 Å². The molecule has 0 saturated heterocycles. The van der Waals surface area contributed by atoms with Gasteiger partial charge in [0, 0.05) is 12.1 Å². The van der Waals surface area contributed by atoms with Gasteiger partial charge in [-0.1, -0.05) is 6.07 Å². The normalized spacial score (nSPS) is 12.1. The highest BCUT2D eigenvalue weighted by Crippen LogP contribution is 2.19. The number of aliphatic hydroxyl groups is 1. The van der Waals surface area contributed by atoms with E-state index in [1.54, 1.807) is 6.07 Å². The molecular weight excluding hydrogens is 210 g/mol. The first kappa shape index (κ1) is 12.2. The quantitative estimate of drug-likeness (QED) is 0.646. The van der Waals surface area contributed by atoms with Gasteiger partial charge in [0.2, 0.25) is 0 Å². The second-order valence-electron chi connectivity index (χ2n) is 3.63. The van der Waals surface area contributed by atoms with E-state index < -0.39 is 12.1 Å². The summed E-state index contributed by atoms with van der Waals surface area (Å²) in [6.07, 6.45) is -1.45. The van der Waals surface area contributed by atoms with Crippen LogP contribution in [0.3, 0.4) is 0 Å². The van der Waals surface area contributed by atoms with Crippen LogP contribution in [0.15, 0.2) is 18.2 Å². The van der Waals surface area contributed by atoms with Gasteiger partial charge in [0.05, 0.1) is 0 Å². The molecular formula is C11H13NO4. The fourth-order valence-corrected chi connectivity index (χ4v) is 1.44. The summed E-state index contributed by atoms with van der Waals surface area (Å²) in [5.41, 5.74) is 6.67. The average molecular weight is 223 g/mol. The van der Waals surface area contributed by atoms with Crippen LogP contribution in [0.4, 0.5) is 5.69 Å². The van der Waals surface area contributed by atoms with Gasteiger partial charge in [-0.25, -0.2) is 4.79 Å². The SMILES string of the molecule is CC(=O)Cc1cc(N)cc(C(O)C(=O)O)c1. The molecule has 1 rings (SSSR count). The van der Waals surface area contributed by atoms with E-state index in [2.05, 4.69) is 0 Å². The lowest BCUT2D eigenvalue weighted by molar-refractivity contribution is -0.146. The Balaban J connectivity index is 3.07. The third-order valence-electron chi connectivity index (χ3n) is 2.04. The lowest BCUT2D eigenvalue weighted by Crippen LogP contribution is -2.11. The summed E-state index contributed by atoms with van der Waals surface area (Å²) in [6.45, 7) is 1.43. The Morgan fingerprint density at radius 1 is 1.38 bits per heavy atom. The lowest BCUT2D eigenvalue weighted by Gasteiger charge is -2.09. The molecule has 1 atom stereocenters. The summed E-state index contributed by atoms with van der Waals surface area (Å²) in [5, 5.41) is 18.0. The molecule has 0 heterocycles. The van der Waals surface area contributed by atoms with Gasteiger partial charge in [0.1, 0.15) is 5.78 Å². The Morgan fingerprint density at radius 2 is 2.00 bits per heavy atom. The van der Waals surface area contributed by atoms with Crippen LogP contribution in [-0.2, 0) is 16.0 Å². The number of aliphatic carboxylic acids is 1. The maximum absolute atomic E-state index is 10.9. The lowest BCUT2D eigenvalue weighted by atomic mass is 10.0. The van der Waals surface area contributed by atoms with Gasteiger partial charge in [-0.15, -0.1) is 0 Å². The van der Waals surface area contributed by atoms with E-state index in [1.807, 2.05) is 0 Å². The topological polar surface area (TPSA) is 101 Å². The van der Waals surface area contributed by atoms with Gasteiger partial charge in [-0.3, -0.25) is 4.79 Å². The number of nitrogen functional groups attached to an aromatic ring is 1. The van der Waals surface area contributed by atoms with Crippen LogP contribution in [0.25, 0.3) is 0 Å². The fraction of sp³-hybridized carbons (Fsp3) is 0.273. The van der Waals surface area contributed by atoms with E-state index in [1.165, 1.54) is 19.1 Å². The first-order valence-electron chi connectivity index (χ1n) is 4.70. The second-order valence-corrected chi connectivity index (χ2v) is 3.63. The molecule has 0 aliphatic carbocycles. The van der Waals surface area contributed by atoms with Crippen molar-refractivity contribution < 1.29 is 19.8 Å². The van der Waals surface area contributed by atoms with Crippen LogP contribution in [0.5, 0.6) is 0 Å². The molecule has 4 N–H and O–H groups in total. The molecule has 5 nitrogen and oxygen atoms in total. The van der Waals surface area contributed by atoms with E-state index in [0.29, 0.717) is 11.3 Å². The third kappa shape index (κ3) is 3.06. The van der Waals surface area contributed by atoms with Gasteiger partial charge >= 0.3 is 5.97 Å². The molecule has 0 amide bonds. The number of nitrogens with two attached hydrogens (primary N) is 1. The number of carbonyl (C=O) groups excluding carboxylic acids is 1. The first-order chi connectivity index (χ1) is 7.40. The Bertz CT molecular complexity index is 428.